The van der Waals surface area contributed by atoms with Crippen LogP contribution in [0.15, 0.2) is 73.2 Å². The smallest absolute Gasteiger partial charge is 0.311 e. The van der Waals surface area contributed by atoms with Crippen LogP contribution in [0.5, 0.6) is 0 Å². The molecule has 0 radical (unpaired) electrons. The molecule has 0 amide bonds. The molecular weight excluding hydrogens is 928 g/mol. The third-order valence-corrected chi connectivity index (χ3v) is 12.5. The number of anilines is 3. The van der Waals surface area contributed by atoms with Crippen LogP contribution in [-0.4, -0.2) is 79.5 Å². The van der Waals surface area contributed by atoms with Gasteiger partial charge in [-0.05, 0) is 116 Å². The number of rotatable bonds is 6. The molecule has 3 aliphatic heterocycles. The third-order valence-electron chi connectivity index (χ3n) is 12.1. The number of nitrogens with zero attached hydrogens (tertiary/aromatic N) is 8. The van der Waals surface area contributed by atoms with Crippen molar-refractivity contribution in [3.63, 3.8) is 0 Å². The maximum Gasteiger partial charge on any atom is 0.311 e. The Labute approximate surface area is 417 Å². The molecule has 6 heterocycles. The number of hydrogen-bond acceptors (Lipinski definition) is 14. The molecular formula is C51H57ClN12O7. The lowest BCUT2D eigenvalue weighted by Gasteiger charge is -2.36. The van der Waals surface area contributed by atoms with E-state index in [2.05, 4.69) is 67.8 Å². The molecule has 0 aliphatic carbocycles. The summed E-state index contributed by atoms with van der Waals surface area (Å²) in [5.74, 6) is 0. The summed E-state index contributed by atoms with van der Waals surface area (Å²) in [6.07, 6.45) is 9.44. The van der Waals surface area contributed by atoms with Gasteiger partial charge >= 0.3 is 11.4 Å². The number of halogens is 1. The van der Waals surface area contributed by atoms with E-state index in [1.54, 1.807) is 42.6 Å². The van der Waals surface area contributed by atoms with Gasteiger partial charge in [-0.3, -0.25) is 25.2 Å². The summed E-state index contributed by atoms with van der Waals surface area (Å²) >= 11 is 5.88. The van der Waals surface area contributed by atoms with Crippen molar-refractivity contribution >= 4 is 89.8 Å². The highest BCUT2D eigenvalue weighted by molar-refractivity contribution is 6.37. The summed E-state index contributed by atoms with van der Waals surface area (Å²) in [6, 6.07) is 15.9. The Balaban J connectivity index is 0.000000163. The van der Waals surface area contributed by atoms with Crippen molar-refractivity contribution in [2.45, 2.75) is 115 Å². The maximum atomic E-state index is 11.4. The van der Waals surface area contributed by atoms with Crippen LogP contribution in [0.1, 0.15) is 80.1 Å². The van der Waals surface area contributed by atoms with E-state index in [1.807, 2.05) is 26.0 Å². The molecule has 3 aromatic carbocycles. The van der Waals surface area contributed by atoms with Gasteiger partial charge in [0.15, 0.2) is 17.1 Å². The van der Waals surface area contributed by atoms with E-state index < -0.39 is 9.85 Å². The van der Waals surface area contributed by atoms with Crippen molar-refractivity contribution in [1.82, 2.24) is 15.0 Å². The number of pyridine rings is 3. The van der Waals surface area contributed by atoms with E-state index in [1.165, 1.54) is 12.3 Å². The number of aromatic nitrogens is 3. The minimum atomic E-state index is -0.598. The van der Waals surface area contributed by atoms with Crippen LogP contribution in [0.2, 0.25) is 5.02 Å². The summed E-state index contributed by atoms with van der Waals surface area (Å²) in [7, 11) is 0. The first-order valence-electron chi connectivity index (χ1n) is 22.9. The van der Waals surface area contributed by atoms with Gasteiger partial charge in [0, 0.05) is 54.1 Å². The van der Waals surface area contributed by atoms with Gasteiger partial charge in [0.25, 0.3) is 0 Å². The van der Waals surface area contributed by atoms with Crippen molar-refractivity contribution in [2.75, 3.05) is 36.2 Å². The molecule has 3 fully saturated rings. The number of ether oxygens (including phenoxy) is 3. The lowest BCUT2D eigenvalue weighted by molar-refractivity contribution is -0.384. The second kappa shape index (κ2) is 22.6. The zero-order chi connectivity index (χ0) is 51.7. The van der Waals surface area contributed by atoms with E-state index >= 15 is 0 Å². The van der Waals surface area contributed by atoms with E-state index in [-0.39, 0.29) is 39.2 Å². The highest BCUT2D eigenvalue weighted by atomic mass is 35.5. The maximum absolute atomic E-state index is 11.4. The SMILES string of the molecule is CC1(C)CC(N)CCO1.[C-]#[N+]c1ccc2ncc(N)c(NC3CCOC(C)(C)C3)c2c1.[C-]#[N+]c1ccc2ncc([N+](=O)[O-])c(Cl)c2c1.[C-]#[N+]c1ccc2ncc([N+](=O)[O-])c(NC3CCOC(C)(C)C3)c2c1. The number of nitrogens with one attached hydrogen (secondary N) is 2. The van der Waals surface area contributed by atoms with Crippen LogP contribution in [0.3, 0.4) is 0 Å². The monoisotopic (exact) mass is 984 g/mol. The Morgan fingerprint density at radius 1 is 0.620 bits per heavy atom. The second-order valence-corrected chi connectivity index (χ2v) is 19.6. The van der Waals surface area contributed by atoms with Crippen molar-refractivity contribution in [1.29, 1.82) is 0 Å². The van der Waals surface area contributed by atoms with Gasteiger partial charge < -0.3 is 36.3 Å². The summed E-state index contributed by atoms with van der Waals surface area (Å²) in [6.45, 7) is 35.8. The highest BCUT2D eigenvalue weighted by Crippen LogP contribution is 2.38. The number of nitro groups is 2. The minimum Gasteiger partial charge on any atom is -0.396 e. The topological polar surface area (TPSA) is 242 Å². The van der Waals surface area contributed by atoms with Crippen LogP contribution in [0.4, 0.5) is 45.5 Å². The molecule has 3 atom stereocenters. The average Bonchev–Trinajstić information content (AvgIpc) is 3.31. The van der Waals surface area contributed by atoms with Gasteiger partial charge in [0.05, 0.1) is 80.5 Å². The van der Waals surface area contributed by atoms with E-state index in [0.717, 1.165) is 74.5 Å². The molecule has 71 heavy (non-hydrogen) atoms. The first-order valence-corrected chi connectivity index (χ1v) is 23.3. The van der Waals surface area contributed by atoms with Crippen LogP contribution < -0.4 is 22.1 Å². The summed E-state index contributed by atoms with van der Waals surface area (Å²) < 4.78 is 16.9. The molecule has 19 nitrogen and oxygen atoms in total. The number of nitrogen functional groups attached to an aromatic ring is 1. The lowest BCUT2D eigenvalue weighted by atomic mass is 9.93. The first-order chi connectivity index (χ1) is 33.6. The van der Waals surface area contributed by atoms with Crippen LogP contribution in [0.25, 0.3) is 47.2 Å². The normalized spacial score (nSPS) is 19.6. The summed E-state index contributed by atoms with van der Waals surface area (Å²) in [5, 5.41) is 30.9. The largest absolute Gasteiger partial charge is 0.396 e. The highest BCUT2D eigenvalue weighted by Gasteiger charge is 2.32. The van der Waals surface area contributed by atoms with Gasteiger partial charge in [-0.1, -0.05) is 29.8 Å². The molecule has 6 N–H and O–H groups in total. The Morgan fingerprint density at radius 3 is 1.44 bits per heavy atom. The molecule has 3 aromatic heterocycles. The molecule has 6 aromatic rings. The molecule has 3 unspecified atom stereocenters. The fourth-order valence-electron chi connectivity index (χ4n) is 8.69. The molecule has 3 saturated heterocycles. The number of benzene rings is 3. The summed E-state index contributed by atoms with van der Waals surface area (Å²) in [4.78, 5) is 43.6. The van der Waals surface area contributed by atoms with Crippen LogP contribution in [0, 0.1) is 39.9 Å². The number of nitrogens with two attached hydrogens (primary N) is 2. The molecule has 0 spiro atoms. The van der Waals surface area contributed by atoms with E-state index in [0.29, 0.717) is 68.9 Å². The fourth-order valence-corrected chi connectivity index (χ4v) is 8.96. The quantitative estimate of drug-likeness (QED) is 0.0689. The molecule has 370 valence electrons. The molecule has 3 aliphatic rings. The average molecular weight is 986 g/mol. The minimum absolute atomic E-state index is 0.0144. The predicted molar refractivity (Wildman–Crippen MR) is 277 cm³/mol. The van der Waals surface area contributed by atoms with Crippen molar-refractivity contribution in [3.05, 3.63) is 133 Å². The fraction of sp³-hybridized carbons (Fsp3) is 0.412. The third kappa shape index (κ3) is 13.9. The number of hydrogen-bond donors (Lipinski definition) is 4. The lowest BCUT2D eigenvalue weighted by Crippen LogP contribution is -2.40. The van der Waals surface area contributed by atoms with Gasteiger partial charge in [-0.15, -0.1) is 0 Å². The first kappa shape index (κ1) is 53.0. The summed E-state index contributed by atoms with van der Waals surface area (Å²) in [5.41, 5.74) is 16.5. The van der Waals surface area contributed by atoms with Gasteiger partial charge in [-0.25, -0.2) is 24.5 Å². The molecule has 0 bridgehead atoms. The predicted octanol–water partition coefficient (Wildman–Crippen LogP) is 12.1. The Bertz CT molecular complexity index is 3070. The van der Waals surface area contributed by atoms with E-state index in [9.17, 15) is 20.2 Å². The van der Waals surface area contributed by atoms with Crippen molar-refractivity contribution in [3.8, 4) is 0 Å². The van der Waals surface area contributed by atoms with Crippen LogP contribution in [-0.2, 0) is 14.2 Å². The van der Waals surface area contributed by atoms with E-state index in [4.69, 9.17) is 57.0 Å². The van der Waals surface area contributed by atoms with Crippen LogP contribution >= 0.6 is 11.6 Å². The second-order valence-electron chi connectivity index (χ2n) is 19.3. The zero-order valence-electron chi connectivity index (χ0n) is 40.5. The van der Waals surface area contributed by atoms with Crippen molar-refractivity contribution in [2.24, 2.45) is 5.73 Å². The number of fused-ring (bicyclic) bond motifs is 3. The molecule has 20 heteroatoms. The molecule has 9 rings (SSSR count). The van der Waals surface area contributed by atoms with Gasteiger partial charge in [0.2, 0.25) is 0 Å². The Kier molecular flexibility index (Phi) is 16.9. The standard InChI is InChI=1S/C17H18N4O3.C17H20N4O.C10H4ClN3O2.C7H15NO/c1-17(2)9-12(6-7-24-17)20-16-13-8-11(18-3)4-5-14(13)19-10-15(16)21(22)23;1-17(2)9-12(6-7-22-17)21-16-13-8-11(19-3)4-5-15(13)20-10-14(16)18;1-12-6-2-3-8-7(4-6)10(11)9(5-13-8)14(15)16;1-7(2)5-6(8)3-4-9-7/h4-5,8,10,12H,6-7,9H2,1-2H3,(H,19,20);4-5,8,10,12H,6-7,9,18H2,1-2H3,(H,20,21);2-5H;6H,3-5,8H2,1-2H3. The Hall–Kier alpha value is -7.31. The van der Waals surface area contributed by atoms with Gasteiger partial charge in [0.1, 0.15) is 23.1 Å². The van der Waals surface area contributed by atoms with Crippen molar-refractivity contribution < 1.29 is 24.1 Å². The Morgan fingerprint density at radius 2 is 1.01 bits per heavy atom. The zero-order valence-corrected chi connectivity index (χ0v) is 41.2. The molecule has 0 saturated carbocycles. The van der Waals surface area contributed by atoms with Gasteiger partial charge in [-0.2, -0.15) is 0 Å².